The lowest BCUT2D eigenvalue weighted by atomic mass is 10.3. The first-order valence-electron chi connectivity index (χ1n) is 6.22. The molecule has 0 fully saturated rings. The third-order valence-electron chi connectivity index (χ3n) is 2.64. The van der Waals surface area contributed by atoms with Gasteiger partial charge in [0.15, 0.2) is 0 Å². The molecule has 106 valence electrons. The highest BCUT2D eigenvalue weighted by Gasteiger charge is 2.11. The second-order valence-corrected chi connectivity index (χ2v) is 5.17. The fourth-order valence-electron chi connectivity index (χ4n) is 1.62. The van der Waals surface area contributed by atoms with Gasteiger partial charge in [0.25, 0.3) is 0 Å². The molecule has 0 atom stereocenters. The Bertz CT molecular complexity index is 575. The Labute approximate surface area is 131 Å². The largest absolute Gasteiger partial charge is 0.424 e. The molecule has 0 saturated carbocycles. The van der Waals surface area contributed by atoms with E-state index in [0.29, 0.717) is 11.7 Å². The van der Waals surface area contributed by atoms with Crippen molar-refractivity contribution in [3.63, 3.8) is 0 Å². The summed E-state index contributed by atoms with van der Waals surface area (Å²) >= 11 is 9.29. The summed E-state index contributed by atoms with van der Waals surface area (Å²) in [5, 5.41) is 0.119. The molecule has 0 saturated heterocycles. The Morgan fingerprint density at radius 2 is 1.75 bits per heavy atom. The van der Waals surface area contributed by atoms with E-state index < -0.39 is 0 Å². The van der Waals surface area contributed by atoms with E-state index in [1.165, 1.54) is 0 Å². The van der Waals surface area contributed by atoms with Crippen LogP contribution in [0.5, 0.6) is 11.8 Å². The fourth-order valence-corrected chi connectivity index (χ4v) is 2.04. The van der Waals surface area contributed by atoms with Crippen molar-refractivity contribution >= 4 is 33.5 Å². The molecule has 0 aliphatic heterocycles. The number of rotatable bonds is 5. The summed E-state index contributed by atoms with van der Waals surface area (Å²) in [6.07, 6.45) is 0. The molecular weight excluding hydrogens is 344 g/mol. The summed E-state index contributed by atoms with van der Waals surface area (Å²) in [7, 11) is 0. The molecule has 0 amide bonds. The predicted octanol–water partition coefficient (Wildman–Crippen LogP) is 3.93. The fraction of sp³-hybridized carbons (Fsp3) is 0.308. The molecule has 7 heteroatoms. The van der Waals surface area contributed by atoms with Crippen molar-refractivity contribution in [3.05, 3.63) is 34.0 Å². The van der Waals surface area contributed by atoms with Gasteiger partial charge in [-0.3, -0.25) is 0 Å². The van der Waals surface area contributed by atoms with E-state index >= 15 is 0 Å². The molecule has 0 aliphatic carbocycles. The van der Waals surface area contributed by atoms with E-state index in [9.17, 15) is 0 Å². The number of ether oxygens (including phenoxy) is 1. The average molecular weight is 358 g/mol. The molecule has 1 aromatic carbocycles. The summed E-state index contributed by atoms with van der Waals surface area (Å²) in [5.41, 5.74) is 0. The Hall–Kier alpha value is -1.40. The Kier molecular flexibility index (Phi) is 5.14. The maximum absolute atomic E-state index is 5.92. The summed E-state index contributed by atoms with van der Waals surface area (Å²) in [6, 6.07) is 7.58. The highest BCUT2D eigenvalue weighted by Crippen LogP contribution is 2.22. The van der Waals surface area contributed by atoms with Crippen LogP contribution in [0.15, 0.2) is 28.7 Å². The van der Waals surface area contributed by atoms with Crippen LogP contribution >= 0.6 is 27.5 Å². The van der Waals surface area contributed by atoms with Crippen LogP contribution in [0.2, 0.25) is 5.28 Å². The Morgan fingerprint density at radius 3 is 2.35 bits per heavy atom. The minimum atomic E-state index is 0.119. The molecule has 0 aliphatic rings. The molecule has 2 aromatic rings. The van der Waals surface area contributed by atoms with Gasteiger partial charge in [0.1, 0.15) is 5.75 Å². The molecular formula is C13H14BrClN4O. The smallest absolute Gasteiger partial charge is 0.328 e. The van der Waals surface area contributed by atoms with Gasteiger partial charge < -0.3 is 9.64 Å². The van der Waals surface area contributed by atoms with Gasteiger partial charge in [0, 0.05) is 17.6 Å². The Morgan fingerprint density at radius 1 is 1.10 bits per heavy atom. The number of anilines is 1. The third kappa shape index (κ3) is 3.80. The lowest BCUT2D eigenvalue weighted by Gasteiger charge is -2.18. The van der Waals surface area contributed by atoms with Crippen LogP contribution in [-0.2, 0) is 0 Å². The molecule has 20 heavy (non-hydrogen) atoms. The van der Waals surface area contributed by atoms with Crippen molar-refractivity contribution < 1.29 is 4.74 Å². The maximum atomic E-state index is 5.92. The van der Waals surface area contributed by atoms with Gasteiger partial charge in [-0.25, -0.2) is 0 Å². The number of benzene rings is 1. The zero-order chi connectivity index (χ0) is 14.5. The van der Waals surface area contributed by atoms with Crippen LogP contribution in [0.4, 0.5) is 5.95 Å². The standard InChI is InChI=1S/C13H14BrClN4O/c1-3-19(4-2)12-16-11(15)17-13(18-12)20-10-7-5-9(14)6-8-10/h5-8H,3-4H2,1-2H3. The van der Waals surface area contributed by atoms with E-state index in [1.807, 2.05) is 43.0 Å². The van der Waals surface area contributed by atoms with Crippen LogP contribution in [0.25, 0.3) is 0 Å². The quantitative estimate of drug-likeness (QED) is 0.811. The van der Waals surface area contributed by atoms with Crippen LogP contribution < -0.4 is 9.64 Å². The number of hydrogen-bond donors (Lipinski definition) is 0. The highest BCUT2D eigenvalue weighted by molar-refractivity contribution is 9.10. The molecule has 0 N–H and O–H groups in total. The van der Waals surface area contributed by atoms with Crippen LogP contribution in [0, 0.1) is 0 Å². The van der Waals surface area contributed by atoms with Crippen LogP contribution in [0.1, 0.15) is 13.8 Å². The first-order chi connectivity index (χ1) is 9.62. The summed E-state index contributed by atoms with van der Waals surface area (Å²) in [6.45, 7) is 5.62. The molecule has 1 heterocycles. The van der Waals surface area contributed by atoms with Crippen molar-refractivity contribution in [2.75, 3.05) is 18.0 Å². The zero-order valence-corrected chi connectivity index (χ0v) is 13.5. The molecule has 0 spiro atoms. The SMILES string of the molecule is CCN(CC)c1nc(Cl)nc(Oc2ccc(Br)cc2)n1. The highest BCUT2D eigenvalue weighted by atomic mass is 79.9. The van der Waals surface area contributed by atoms with Gasteiger partial charge in [0.05, 0.1) is 0 Å². The molecule has 1 aromatic heterocycles. The summed E-state index contributed by atoms with van der Waals surface area (Å²) < 4.78 is 6.57. The summed E-state index contributed by atoms with van der Waals surface area (Å²) in [4.78, 5) is 14.4. The number of nitrogens with zero attached hydrogens (tertiary/aromatic N) is 4. The van der Waals surface area contributed by atoms with Crippen molar-refractivity contribution in [2.45, 2.75) is 13.8 Å². The topological polar surface area (TPSA) is 51.1 Å². The normalized spacial score (nSPS) is 10.4. The van der Waals surface area contributed by atoms with Crippen molar-refractivity contribution in [1.29, 1.82) is 0 Å². The first-order valence-corrected chi connectivity index (χ1v) is 7.39. The van der Waals surface area contributed by atoms with Gasteiger partial charge in [-0.05, 0) is 49.7 Å². The minimum Gasteiger partial charge on any atom is -0.424 e. The molecule has 0 unspecified atom stereocenters. The second kappa shape index (κ2) is 6.85. The lowest BCUT2D eigenvalue weighted by molar-refractivity contribution is 0.439. The van der Waals surface area contributed by atoms with E-state index in [0.717, 1.165) is 17.6 Å². The second-order valence-electron chi connectivity index (χ2n) is 3.92. The van der Waals surface area contributed by atoms with E-state index in [1.54, 1.807) is 0 Å². The predicted molar refractivity (Wildman–Crippen MR) is 82.6 cm³/mol. The molecule has 2 rings (SSSR count). The lowest BCUT2D eigenvalue weighted by Crippen LogP contribution is -2.24. The van der Waals surface area contributed by atoms with Gasteiger partial charge in [0.2, 0.25) is 11.2 Å². The Balaban J connectivity index is 2.25. The minimum absolute atomic E-state index is 0.119. The van der Waals surface area contributed by atoms with Crippen molar-refractivity contribution in [1.82, 2.24) is 15.0 Å². The van der Waals surface area contributed by atoms with E-state index in [2.05, 4.69) is 30.9 Å². The van der Waals surface area contributed by atoms with Crippen LogP contribution in [0.3, 0.4) is 0 Å². The number of halogens is 2. The first kappa shape index (κ1) is 15.0. The van der Waals surface area contributed by atoms with E-state index in [-0.39, 0.29) is 11.3 Å². The maximum Gasteiger partial charge on any atom is 0.328 e. The molecule has 5 nitrogen and oxygen atoms in total. The average Bonchev–Trinajstić information content (AvgIpc) is 2.42. The van der Waals surface area contributed by atoms with Gasteiger partial charge >= 0.3 is 6.01 Å². The third-order valence-corrected chi connectivity index (χ3v) is 3.34. The van der Waals surface area contributed by atoms with Gasteiger partial charge in [-0.1, -0.05) is 15.9 Å². The molecule has 0 bridgehead atoms. The molecule has 0 radical (unpaired) electrons. The van der Waals surface area contributed by atoms with Gasteiger partial charge in [-0.15, -0.1) is 0 Å². The zero-order valence-electron chi connectivity index (χ0n) is 11.2. The van der Waals surface area contributed by atoms with Crippen LogP contribution in [-0.4, -0.2) is 28.0 Å². The number of hydrogen-bond acceptors (Lipinski definition) is 5. The van der Waals surface area contributed by atoms with E-state index in [4.69, 9.17) is 16.3 Å². The summed E-state index contributed by atoms with van der Waals surface area (Å²) in [5.74, 6) is 1.16. The number of aromatic nitrogens is 3. The van der Waals surface area contributed by atoms with Crippen molar-refractivity contribution in [2.24, 2.45) is 0 Å². The van der Waals surface area contributed by atoms with Gasteiger partial charge in [-0.2, -0.15) is 15.0 Å². The monoisotopic (exact) mass is 356 g/mol. The van der Waals surface area contributed by atoms with Crippen molar-refractivity contribution in [3.8, 4) is 11.8 Å².